The number of rotatable bonds is 4. The summed E-state index contributed by atoms with van der Waals surface area (Å²) in [5.74, 6) is -1.39. The first-order valence-electron chi connectivity index (χ1n) is 5.01. The maximum absolute atomic E-state index is 13.5. The molecule has 94 valence electrons. The molecule has 0 aliphatic carbocycles. The van der Waals surface area contributed by atoms with Crippen LogP contribution in [0.2, 0.25) is 5.02 Å². The Balaban J connectivity index is 2.13. The fraction of sp³-hybridized carbons (Fsp3) is 0.182. The van der Waals surface area contributed by atoms with Gasteiger partial charge in [-0.3, -0.25) is 4.79 Å². The maximum atomic E-state index is 13.5. The van der Waals surface area contributed by atoms with Crippen LogP contribution >= 0.6 is 11.6 Å². The van der Waals surface area contributed by atoms with Gasteiger partial charge < -0.3 is 9.52 Å². The van der Waals surface area contributed by atoms with Crippen molar-refractivity contribution in [2.45, 2.75) is 12.8 Å². The number of benzene rings is 1. The Morgan fingerprint density at radius 1 is 1.39 bits per heavy atom. The minimum Gasteiger partial charge on any atom is -0.481 e. The Morgan fingerprint density at radius 2 is 2.11 bits per heavy atom. The molecular formula is C11H8ClFN2O3. The molecule has 0 unspecified atom stereocenters. The molecule has 0 radical (unpaired) electrons. The van der Waals surface area contributed by atoms with Crippen molar-refractivity contribution in [2.24, 2.45) is 0 Å². The number of carbonyl (C=O) groups is 1. The summed E-state index contributed by atoms with van der Waals surface area (Å²) in [5, 5.41) is 16.0. The smallest absolute Gasteiger partial charge is 0.312 e. The molecule has 0 atom stereocenters. The lowest BCUT2D eigenvalue weighted by Crippen LogP contribution is -1.99. The monoisotopic (exact) mass is 270 g/mol. The van der Waals surface area contributed by atoms with E-state index < -0.39 is 11.8 Å². The number of hydrogen-bond donors (Lipinski definition) is 1. The number of aromatic nitrogens is 2. The van der Waals surface area contributed by atoms with Crippen molar-refractivity contribution in [2.75, 3.05) is 0 Å². The number of hydrogen-bond acceptors (Lipinski definition) is 4. The molecule has 0 saturated heterocycles. The van der Waals surface area contributed by atoms with Crippen molar-refractivity contribution in [3.63, 3.8) is 0 Å². The summed E-state index contributed by atoms with van der Waals surface area (Å²) in [7, 11) is 0. The van der Waals surface area contributed by atoms with Gasteiger partial charge >= 0.3 is 5.97 Å². The molecular weight excluding hydrogens is 263 g/mol. The molecule has 0 spiro atoms. The van der Waals surface area contributed by atoms with Gasteiger partial charge in [0.05, 0.1) is 6.42 Å². The molecule has 18 heavy (non-hydrogen) atoms. The van der Waals surface area contributed by atoms with E-state index in [0.717, 1.165) is 0 Å². The summed E-state index contributed by atoms with van der Waals surface area (Å²) >= 11 is 5.62. The fourth-order valence-corrected chi connectivity index (χ4v) is 1.55. The lowest BCUT2D eigenvalue weighted by Gasteiger charge is -1.99. The molecule has 2 rings (SSSR count). The van der Waals surface area contributed by atoms with Crippen LogP contribution in [-0.2, 0) is 17.6 Å². The van der Waals surface area contributed by atoms with Crippen LogP contribution in [0.4, 0.5) is 4.39 Å². The Morgan fingerprint density at radius 3 is 2.78 bits per heavy atom. The highest BCUT2D eigenvalue weighted by molar-refractivity contribution is 6.30. The van der Waals surface area contributed by atoms with E-state index in [2.05, 4.69) is 10.2 Å². The van der Waals surface area contributed by atoms with Gasteiger partial charge in [0.1, 0.15) is 12.2 Å². The average molecular weight is 271 g/mol. The topological polar surface area (TPSA) is 76.2 Å². The Kier molecular flexibility index (Phi) is 3.57. The lowest BCUT2D eigenvalue weighted by atomic mass is 10.1. The third-order valence-corrected chi connectivity index (χ3v) is 2.40. The van der Waals surface area contributed by atoms with Gasteiger partial charge in [0.15, 0.2) is 0 Å². The van der Waals surface area contributed by atoms with E-state index in [1.54, 1.807) is 6.07 Å². The molecule has 0 aliphatic rings. The van der Waals surface area contributed by atoms with Crippen LogP contribution in [0.1, 0.15) is 17.3 Å². The minimum absolute atomic E-state index is 0.00753. The molecule has 0 amide bonds. The van der Waals surface area contributed by atoms with Gasteiger partial charge in [-0.05, 0) is 17.7 Å². The molecule has 0 saturated carbocycles. The molecule has 1 aromatic heterocycles. The first kappa shape index (κ1) is 12.5. The van der Waals surface area contributed by atoms with Crippen molar-refractivity contribution in [1.29, 1.82) is 0 Å². The van der Waals surface area contributed by atoms with Gasteiger partial charge in [-0.15, -0.1) is 10.2 Å². The quantitative estimate of drug-likeness (QED) is 0.920. The maximum Gasteiger partial charge on any atom is 0.312 e. The summed E-state index contributed by atoms with van der Waals surface area (Å²) in [6.45, 7) is 0. The van der Waals surface area contributed by atoms with Crippen LogP contribution in [0, 0.1) is 5.82 Å². The van der Waals surface area contributed by atoms with Gasteiger partial charge in [-0.1, -0.05) is 17.7 Å². The van der Waals surface area contributed by atoms with Crippen LogP contribution in [0.5, 0.6) is 0 Å². The molecule has 1 N–H and O–H groups in total. The first-order valence-corrected chi connectivity index (χ1v) is 5.39. The number of carboxylic acid groups (broad SMARTS) is 1. The van der Waals surface area contributed by atoms with E-state index in [1.165, 1.54) is 12.1 Å². The van der Waals surface area contributed by atoms with Crippen LogP contribution < -0.4 is 0 Å². The summed E-state index contributed by atoms with van der Waals surface area (Å²) in [6.07, 6.45) is -0.258. The predicted octanol–water partition coefficient (Wildman–Crippen LogP) is 2.08. The third kappa shape index (κ3) is 3.04. The molecule has 5 nitrogen and oxygen atoms in total. The van der Waals surface area contributed by atoms with Crippen molar-refractivity contribution >= 4 is 17.6 Å². The zero-order valence-electron chi connectivity index (χ0n) is 9.06. The molecule has 2 aromatic rings. The van der Waals surface area contributed by atoms with Crippen molar-refractivity contribution in [1.82, 2.24) is 10.2 Å². The van der Waals surface area contributed by atoms with E-state index in [0.29, 0.717) is 10.6 Å². The summed E-state index contributed by atoms with van der Waals surface area (Å²) in [6, 6.07) is 4.25. The van der Waals surface area contributed by atoms with E-state index >= 15 is 0 Å². The van der Waals surface area contributed by atoms with Gasteiger partial charge in [0.25, 0.3) is 0 Å². The molecule has 7 heteroatoms. The van der Waals surface area contributed by atoms with Crippen LogP contribution in [0.25, 0.3) is 0 Å². The lowest BCUT2D eigenvalue weighted by molar-refractivity contribution is -0.136. The van der Waals surface area contributed by atoms with Gasteiger partial charge in [-0.2, -0.15) is 0 Å². The normalized spacial score (nSPS) is 10.6. The SMILES string of the molecule is O=C(O)Cc1nnc(Cc2ccc(Cl)cc2F)o1. The molecule has 0 bridgehead atoms. The van der Waals surface area contributed by atoms with E-state index in [-0.39, 0.29) is 24.6 Å². The second kappa shape index (κ2) is 5.14. The minimum atomic E-state index is -1.07. The van der Waals surface area contributed by atoms with Crippen molar-refractivity contribution < 1.29 is 18.7 Å². The van der Waals surface area contributed by atoms with Gasteiger partial charge in [0, 0.05) is 5.02 Å². The van der Waals surface area contributed by atoms with Crippen molar-refractivity contribution in [3.05, 3.63) is 46.4 Å². The van der Waals surface area contributed by atoms with E-state index in [1.807, 2.05) is 0 Å². The highest BCUT2D eigenvalue weighted by Gasteiger charge is 2.12. The summed E-state index contributed by atoms with van der Waals surface area (Å²) < 4.78 is 18.6. The van der Waals surface area contributed by atoms with Crippen LogP contribution in [0.3, 0.4) is 0 Å². The molecule has 0 fully saturated rings. The highest BCUT2D eigenvalue weighted by Crippen LogP contribution is 2.17. The summed E-state index contributed by atoms with van der Waals surface area (Å²) in [5.41, 5.74) is 0.352. The number of halogens is 2. The van der Waals surface area contributed by atoms with Crippen LogP contribution in [0.15, 0.2) is 22.6 Å². The second-order valence-electron chi connectivity index (χ2n) is 3.57. The van der Waals surface area contributed by atoms with E-state index in [9.17, 15) is 9.18 Å². The Hall–Kier alpha value is -1.95. The number of carboxylic acids is 1. The standard InChI is InChI=1S/C11H8ClFN2O3/c12-7-2-1-6(8(13)4-7)3-9-14-15-10(18-9)5-11(16)17/h1-2,4H,3,5H2,(H,16,17). The zero-order chi connectivity index (χ0) is 13.1. The average Bonchev–Trinajstić information content (AvgIpc) is 2.69. The number of nitrogens with zero attached hydrogens (tertiary/aromatic N) is 2. The van der Waals surface area contributed by atoms with E-state index in [4.69, 9.17) is 21.1 Å². The zero-order valence-corrected chi connectivity index (χ0v) is 9.82. The predicted molar refractivity (Wildman–Crippen MR) is 59.9 cm³/mol. The molecule has 1 aromatic carbocycles. The van der Waals surface area contributed by atoms with Gasteiger partial charge in [-0.25, -0.2) is 4.39 Å². The molecule has 0 aliphatic heterocycles. The second-order valence-corrected chi connectivity index (χ2v) is 4.01. The largest absolute Gasteiger partial charge is 0.481 e. The van der Waals surface area contributed by atoms with Gasteiger partial charge in [0.2, 0.25) is 11.8 Å². The Labute approximate surface area is 106 Å². The number of aliphatic carboxylic acids is 1. The fourth-order valence-electron chi connectivity index (χ4n) is 1.39. The first-order chi connectivity index (χ1) is 8.54. The molecule has 1 heterocycles. The summed E-state index contributed by atoms with van der Waals surface area (Å²) in [4.78, 5) is 10.4. The highest BCUT2D eigenvalue weighted by atomic mass is 35.5. The van der Waals surface area contributed by atoms with Crippen molar-refractivity contribution in [3.8, 4) is 0 Å². The Bertz CT molecular complexity index is 585. The third-order valence-electron chi connectivity index (χ3n) is 2.17. The van der Waals surface area contributed by atoms with Crippen LogP contribution in [-0.4, -0.2) is 21.3 Å².